The molecule has 4 aromatic rings. The summed E-state index contributed by atoms with van der Waals surface area (Å²) in [6.45, 7) is 2.40. The third-order valence-corrected chi connectivity index (χ3v) is 9.25. The fraction of sp³-hybridized carbons (Fsp3) is 0.200. The molecule has 1 aromatic heterocycles. The predicted octanol–water partition coefficient (Wildman–Crippen LogP) is 2.36. The van der Waals surface area contributed by atoms with Gasteiger partial charge >= 0.3 is 6.03 Å². The van der Waals surface area contributed by atoms with Gasteiger partial charge in [0.2, 0.25) is 16.1 Å². The average molecular weight is 551 g/mol. The lowest BCUT2D eigenvalue weighted by atomic mass is 9.80. The second kappa shape index (κ2) is 8.40. The van der Waals surface area contributed by atoms with E-state index in [0.29, 0.717) is 21.5 Å². The van der Waals surface area contributed by atoms with Crippen LogP contribution in [-0.2, 0) is 16.1 Å². The Kier molecular flexibility index (Phi) is 5.11. The molecule has 10 heteroatoms. The number of thiazole rings is 1. The van der Waals surface area contributed by atoms with Gasteiger partial charge in [-0.25, -0.2) is 9.79 Å². The van der Waals surface area contributed by atoms with Crippen LogP contribution in [0.15, 0.2) is 94.7 Å². The van der Waals surface area contributed by atoms with Crippen LogP contribution in [0.3, 0.4) is 0 Å². The summed E-state index contributed by atoms with van der Waals surface area (Å²) in [5, 5.41) is 0. The molecule has 0 radical (unpaired) electrons. The largest absolute Gasteiger partial charge is 0.324 e. The summed E-state index contributed by atoms with van der Waals surface area (Å²) >= 11 is 1.16. The van der Waals surface area contributed by atoms with Crippen LogP contribution in [0.5, 0.6) is 0 Å². The van der Waals surface area contributed by atoms with E-state index in [0.717, 1.165) is 33.7 Å². The minimum Gasteiger partial charge on any atom is -0.308 e. The van der Waals surface area contributed by atoms with E-state index >= 15 is 0 Å². The molecule has 9 nitrogen and oxygen atoms in total. The SMILES string of the molecule is CCN1C(=O)/C(=c2\sc3n(c2=O)N[C@]2(c4ccccc4)N(C)C(=O)N(C)[C@]2(c2ccccc2)N=3)c2ccccc21. The zero-order valence-electron chi connectivity index (χ0n) is 22.2. The summed E-state index contributed by atoms with van der Waals surface area (Å²) in [5.41, 5.74) is 3.99. The molecular formula is C30H26N6O3S. The number of benzene rings is 3. The molecule has 3 aliphatic rings. The van der Waals surface area contributed by atoms with Crippen molar-refractivity contribution in [3.05, 3.63) is 121 Å². The molecule has 0 bridgehead atoms. The average Bonchev–Trinajstić information content (AvgIpc) is 3.52. The van der Waals surface area contributed by atoms with E-state index < -0.39 is 11.3 Å². The number of para-hydroxylation sites is 1. The van der Waals surface area contributed by atoms with Crippen LogP contribution < -0.4 is 25.2 Å². The van der Waals surface area contributed by atoms with Gasteiger partial charge in [-0.2, -0.15) is 4.68 Å². The predicted molar refractivity (Wildman–Crippen MR) is 153 cm³/mol. The first-order valence-corrected chi connectivity index (χ1v) is 13.9. The number of amides is 3. The summed E-state index contributed by atoms with van der Waals surface area (Å²) in [6, 6.07) is 26.5. The number of carbonyl (C=O) groups excluding carboxylic acids is 2. The number of aromatic nitrogens is 1. The summed E-state index contributed by atoms with van der Waals surface area (Å²) in [6.07, 6.45) is 0. The van der Waals surface area contributed by atoms with Crippen LogP contribution >= 0.6 is 11.3 Å². The first kappa shape index (κ1) is 24.3. The maximum absolute atomic E-state index is 14.2. The third kappa shape index (κ3) is 2.80. The number of likely N-dealkylation sites (N-methyl/N-ethyl adjacent to an activating group) is 3. The zero-order chi connectivity index (χ0) is 27.8. The van der Waals surface area contributed by atoms with Gasteiger partial charge in [-0.05, 0) is 13.0 Å². The van der Waals surface area contributed by atoms with E-state index in [1.807, 2.05) is 91.9 Å². The molecule has 0 aliphatic carbocycles. The Bertz CT molecular complexity index is 1890. The molecule has 3 amide bonds. The summed E-state index contributed by atoms with van der Waals surface area (Å²) < 4.78 is 1.71. The van der Waals surface area contributed by atoms with Crippen LogP contribution in [0.4, 0.5) is 10.5 Å². The van der Waals surface area contributed by atoms with Crippen LogP contribution in [0.2, 0.25) is 0 Å². The van der Waals surface area contributed by atoms with Gasteiger partial charge in [0, 0.05) is 37.3 Å². The van der Waals surface area contributed by atoms with Gasteiger partial charge in [-0.1, -0.05) is 90.2 Å². The molecule has 2 atom stereocenters. The number of nitrogens with one attached hydrogen (secondary N) is 1. The Hall–Kier alpha value is -4.70. The minimum absolute atomic E-state index is 0.208. The second-order valence-electron chi connectivity index (χ2n) is 10.0. The molecule has 40 heavy (non-hydrogen) atoms. The van der Waals surface area contributed by atoms with E-state index in [1.54, 1.807) is 28.8 Å². The number of hydrogen-bond acceptors (Lipinski definition) is 6. The molecule has 1 N–H and O–H groups in total. The smallest absolute Gasteiger partial charge is 0.308 e. The fourth-order valence-corrected chi connectivity index (χ4v) is 7.44. The lowest BCUT2D eigenvalue weighted by molar-refractivity contribution is -0.113. The van der Waals surface area contributed by atoms with Gasteiger partial charge in [-0.3, -0.25) is 24.8 Å². The topological polar surface area (TPSA) is 90.2 Å². The molecule has 3 aromatic carbocycles. The van der Waals surface area contributed by atoms with Crippen LogP contribution in [0.25, 0.3) is 5.57 Å². The standard InChI is InChI=1S/C30H26N6O3S/c1-4-35-22-18-12-11-17-21(22)23(25(35)37)24-26(38)36-27(40-24)31-29(19-13-7-5-8-14-19)30(32-36,20-15-9-6-10-16-20)34(3)28(39)33(29)2/h5-18,32H,4H2,1-3H3/b24-23-/t29-,30+/m0/s1. The second-order valence-corrected chi connectivity index (χ2v) is 11.0. The molecule has 1 fully saturated rings. The lowest BCUT2D eigenvalue weighted by Gasteiger charge is -2.49. The maximum atomic E-state index is 14.2. The zero-order valence-corrected chi connectivity index (χ0v) is 23.0. The summed E-state index contributed by atoms with van der Waals surface area (Å²) in [5.74, 6) is -0.208. The van der Waals surface area contributed by atoms with Gasteiger partial charge in [0.25, 0.3) is 11.5 Å². The Morgan fingerprint density at radius 1 is 0.825 bits per heavy atom. The van der Waals surface area contributed by atoms with E-state index in [9.17, 15) is 14.4 Å². The molecule has 0 unspecified atom stereocenters. The van der Waals surface area contributed by atoms with Crippen molar-refractivity contribution in [3.8, 4) is 0 Å². The highest BCUT2D eigenvalue weighted by Crippen LogP contribution is 2.53. The Balaban J connectivity index is 1.61. The minimum atomic E-state index is -1.27. The Labute approximate surface area is 233 Å². The van der Waals surface area contributed by atoms with Crippen molar-refractivity contribution in [2.24, 2.45) is 4.99 Å². The van der Waals surface area contributed by atoms with E-state index in [-0.39, 0.29) is 17.5 Å². The number of carbonyl (C=O) groups is 2. The summed E-state index contributed by atoms with van der Waals surface area (Å²) in [7, 11) is 3.45. The lowest BCUT2D eigenvalue weighted by Crippen LogP contribution is -2.67. The van der Waals surface area contributed by atoms with Gasteiger partial charge in [0.1, 0.15) is 4.53 Å². The number of rotatable bonds is 3. The Morgan fingerprint density at radius 3 is 2.12 bits per heavy atom. The monoisotopic (exact) mass is 550 g/mol. The number of nitrogens with zero attached hydrogens (tertiary/aromatic N) is 5. The quantitative estimate of drug-likeness (QED) is 0.424. The maximum Gasteiger partial charge on any atom is 0.324 e. The van der Waals surface area contributed by atoms with Crippen molar-refractivity contribution < 1.29 is 9.59 Å². The first-order chi connectivity index (χ1) is 19.4. The van der Waals surface area contributed by atoms with E-state index in [1.165, 1.54) is 4.68 Å². The normalized spacial score (nSPS) is 24.4. The molecule has 200 valence electrons. The number of anilines is 1. The van der Waals surface area contributed by atoms with Crippen LogP contribution in [-0.4, -0.2) is 47.1 Å². The highest BCUT2D eigenvalue weighted by molar-refractivity contribution is 7.07. The molecule has 3 aliphatic heterocycles. The van der Waals surface area contributed by atoms with E-state index in [4.69, 9.17) is 4.99 Å². The van der Waals surface area contributed by atoms with Gasteiger partial charge in [0.05, 0.1) is 11.3 Å². The highest BCUT2D eigenvalue weighted by Gasteiger charge is 2.69. The van der Waals surface area contributed by atoms with Crippen molar-refractivity contribution >= 4 is 34.5 Å². The number of fused-ring (bicyclic) bond motifs is 3. The molecule has 0 spiro atoms. The molecule has 1 saturated heterocycles. The van der Waals surface area contributed by atoms with Crippen molar-refractivity contribution in [3.63, 3.8) is 0 Å². The van der Waals surface area contributed by atoms with Crippen molar-refractivity contribution in [1.29, 1.82) is 0 Å². The molecular weight excluding hydrogens is 524 g/mol. The number of hydrogen-bond donors (Lipinski definition) is 1. The molecule has 0 saturated carbocycles. The van der Waals surface area contributed by atoms with Gasteiger partial charge in [0.15, 0.2) is 0 Å². The van der Waals surface area contributed by atoms with E-state index in [2.05, 4.69) is 5.43 Å². The van der Waals surface area contributed by atoms with Gasteiger partial charge in [-0.15, -0.1) is 0 Å². The van der Waals surface area contributed by atoms with Crippen LogP contribution in [0, 0.1) is 0 Å². The van der Waals surface area contributed by atoms with Crippen molar-refractivity contribution in [2.75, 3.05) is 31.0 Å². The summed E-state index contributed by atoms with van der Waals surface area (Å²) in [4.78, 5) is 52.0. The highest BCUT2D eigenvalue weighted by atomic mass is 32.1. The first-order valence-electron chi connectivity index (χ1n) is 13.0. The third-order valence-electron chi connectivity index (χ3n) is 8.21. The molecule has 4 heterocycles. The van der Waals surface area contributed by atoms with Gasteiger partial charge < -0.3 is 4.90 Å². The van der Waals surface area contributed by atoms with Crippen molar-refractivity contribution in [2.45, 2.75) is 18.2 Å². The van der Waals surface area contributed by atoms with Crippen molar-refractivity contribution in [1.82, 2.24) is 14.5 Å². The number of urea groups is 1. The van der Waals surface area contributed by atoms with Crippen LogP contribution in [0.1, 0.15) is 23.6 Å². The fourth-order valence-electron chi connectivity index (χ4n) is 6.38. The molecule has 7 rings (SSSR count). The Morgan fingerprint density at radius 2 is 1.45 bits per heavy atom.